The van der Waals surface area contributed by atoms with Gasteiger partial charge in [-0.15, -0.1) is 0 Å². The Hall–Kier alpha value is -3.32. The Kier molecular flexibility index (Phi) is 5.12. The summed E-state index contributed by atoms with van der Waals surface area (Å²) in [6.07, 6.45) is 0. The monoisotopic (exact) mass is 451 g/mol. The first kappa shape index (κ1) is 21.4. The van der Waals surface area contributed by atoms with Crippen LogP contribution in [0.4, 0.5) is 5.69 Å². The highest BCUT2D eigenvalue weighted by atomic mass is 32.2. The van der Waals surface area contributed by atoms with Gasteiger partial charge in [0.05, 0.1) is 21.7 Å². The van der Waals surface area contributed by atoms with E-state index < -0.39 is 58.6 Å². The SMILES string of the molecule is Nc1c(C(=O)c2ccccc2C(=O)O)c(S(=O)(=O)O)cc2cc(S(=O)(=O)O)ccc12. The fraction of sp³-hybridized carbons (Fsp3) is 0. The molecule has 3 aromatic carbocycles. The van der Waals surface area contributed by atoms with E-state index in [2.05, 4.69) is 0 Å². The summed E-state index contributed by atoms with van der Waals surface area (Å²) in [5.74, 6) is -2.51. The number of aromatic carboxylic acids is 1. The summed E-state index contributed by atoms with van der Waals surface area (Å²) < 4.78 is 65.4. The van der Waals surface area contributed by atoms with Crippen LogP contribution >= 0.6 is 0 Å². The average molecular weight is 451 g/mol. The molecule has 12 heteroatoms. The molecule has 0 aromatic heterocycles. The minimum atomic E-state index is -5.04. The number of ketones is 1. The summed E-state index contributed by atoms with van der Waals surface area (Å²) in [5.41, 5.74) is 4.11. The van der Waals surface area contributed by atoms with Gasteiger partial charge in [0.25, 0.3) is 20.2 Å². The Balaban J connectivity index is 2.41. The first-order chi connectivity index (χ1) is 13.8. The molecule has 0 aliphatic rings. The van der Waals surface area contributed by atoms with Gasteiger partial charge in [0.15, 0.2) is 5.78 Å². The number of rotatable bonds is 5. The largest absolute Gasteiger partial charge is 0.478 e. The molecule has 5 N–H and O–H groups in total. The summed E-state index contributed by atoms with van der Waals surface area (Å²) in [5, 5.41) is 9.26. The lowest BCUT2D eigenvalue weighted by Crippen LogP contribution is -2.16. The average Bonchev–Trinajstić information content (AvgIpc) is 2.65. The Morgan fingerprint density at radius 3 is 1.97 bits per heavy atom. The van der Waals surface area contributed by atoms with Gasteiger partial charge in [-0.05, 0) is 29.7 Å². The number of carboxylic acid groups (broad SMARTS) is 1. The zero-order chi connectivity index (χ0) is 22.4. The van der Waals surface area contributed by atoms with Crippen LogP contribution in [0.2, 0.25) is 0 Å². The van der Waals surface area contributed by atoms with Crippen LogP contribution < -0.4 is 5.73 Å². The quantitative estimate of drug-likeness (QED) is 0.253. The number of carbonyl (C=O) groups excluding carboxylic acids is 1. The van der Waals surface area contributed by atoms with Crippen LogP contribution in [-0.4, -0.2) is 42.8 Å². The third-order valence-electron chi connectivity index (χ3n) is 4.32. The molecule has 0 saturated carbocycles. The number of hydrogen-bond acceptors (Lipinski definition) is 7. The minimum Gasteiger partial charge on any atom is -0.478 e. The van der Waals surface area contributed by atoms with Crippen molar-refractivity contribution in [3.8, 4) is 0 Å². The van der Waals surface area contributed by atoms with Crippen molar-refractivity contribution < 1.29 is 40.6 Å². The van der Waals surface area contributed by atoms with Gasteiger partial charge >= 0.3 is 5.97 Å². The Labute approximate surface area is 170 Å². The molecule has 30 heavy (non-hydrogen) atoms. The second-order valence-corrected chi connectivity index (χ2v) is 8.99. The van der Waals surface area contributed by atoms with E-state index in [1.807, 2.05) is 0 Å². The van der Waals surface area contributed by atoms with E-state index in [0.717, 1.165) is 36.4 Å². The molecule has 0 unspecified atom stereocenters. The molecule has 0 heterocycles. The van der Waals surface area contributed by atoms with Crippen molar-refractivity contribution in [1.82, 2.24) is 0 Å². The minimum absolute atomic E-state index is 0.0472. The van der Waals surface area contributed by atoms with Crippen molar-refractivity contribution in [3.05, 3.63) is 65.2 Å². The molecule has 0 atom stereocenters. The molecule has 3 rings (SSSR count). The lowest BCUT2D eigenvalue weighted by molar-refractivity contribution is 0.0692. The third-order valence-corrected chi connectivity index (χ3v) is 6.05. The maximum Gasteiger partial charge on any atom is 0.336 e. The van der Waals surface area contributed by atoms with E-state index in [-0.39, 0.29) is 16.3 Å². The number of nitrogens with two attached hydrogens (primary N) is 1. The predicted molar refractivity (Wildman–Crippen MR) is 105 cm³/mol. The summed E-state index contributed by atoms with van der Waals surface area (Å²) in [6.45, 7) is 0. The van der Waals surface area contributed by atoms with Crippen molar-refractivity contribution in [3.63, 3.8) is 0 Å². The van der Waals surface area contributed by atoms with Gasteiger partial charge in [0.2, 0.25) is 0 Å². The highest BCUT2D eigenvalue weighted by molar-refractivity contribution is 7.86. The molecular formula is C18H13NO9S2. The molecule has 0 radical (unpaired) electrons. The fourth-order valence-electron chi connectivity index (χ4n) is 2.99. The topological polar surface area (TPSA) is 189 Å². The Bertz CT molecular complexity index is 1440. The molecule has 10 nitrogen and oxygen atoms in total. The van der Waals surface area contributed by atoms with Gasteiger partial charge in [-0.3, -0.25) is 13.9 Å². The third kappa shape index (κ3) is 3.76. The van der Waals surface area contributed by atoms with Crippen molar-refractivity contribution in [2.45, 2.75) is 9.79 Å². The second kappa shape index (κ2) is 7.18. The molecule has 0 bridgehead atoms. The van der Waals surface area contributed by atoms with Crippen molar-refractivity contribution in [2.24, 2.45) is 0 Å². The molecule has 0 spiro atoms. The predicted octanol–water partition coefficient (Wildman–Crippen LogP) is 1.84. The highest BCUT2D eigenvalue weighted by Crippen LogP contribution is 2.34. The van der Waals surface area contributed by atoms with Crippen LogP contribution in [0.3, 0.4) is 0 Å². The number of carboxylic acids is 1. The van der Waals surface area contributed by atoms with E-state index in [9.17, 15) is 40.6 Å². The number of hydrogen-bond donors (Lipinski definition) is 4. The van der Waals surface area contributed by atoms with Gasteiger partial charge in [0, 0.05) is 10.9 Å². The number of benzene rings is 3. The summed E-state index contributed by atoms with van der Waals surface area (Å²) in [6, 6.07) is 8.87. The molecular weight excluding hydrogens is 438 g/mol. The van der Waals surface area contributed by atoms with Crippen molar-refractivity contribution >= 4 is 48.4 Å². The van der Waals surface area contributed by atoms with Gasteiger partial charge < -0.3 is 10.8 Å². The molecule has 0 amide bonds. The van der Waals surface area contributed by atoms with Crippen LogP contribution in [-0.2, 0) is 20.2 Å². The van der Waals surface area contributed by atoms with E-state index in [1.54, 1.807) is 0 Å². The van der Waals surface area contributed by atoms with Crippen LogP contribution in [0, 0.1) is 0 Å². The lowest BCUT2D eigenvalue weighted by atomic mass is 9.94. The van der Waals surface area contributed by atoms with Gasteiger partial charge in [-0.1, -0.05) is 24.3 Å². The first-order valence-electron chi connectivity index (χ1n) is 8.00. The van der Waals surface area contributed by atoms with Crippen molar-refractivity contribution in [2.75, 3.05) is 5.73 Å². The summed E-state index contributed by atoms with van der Waals surface area (Å²) in [7, 11) is -9.67. The number of nitrogen functional groups attached to an aromatic ring is 1. The molecule has 0 fully saturated rings. The second-order valence-electron chi connectivity index (χ2n) is 6.18. The summed E-state index contributed by atoms with van der Waals surface area (Å²) >= 11 is 0. The Morgan fingerprint density at radius 2 is 1.43 bits per heavy atom. The van der Waals surface area contributed by atoms with Crippen LogP contribution in [0.15, 0.2) is 58.3 Å². The number of fused-ring (bicyclic) bond motifs is 1. The fourth-order valence-corrected chi connectivity index (χ4v) is 4.24. The van der Waals surface area contributed by atoms with E-state index in [1.165, 1.54) is 12.1 Å². The molecule has 0 aliphatic carbocycles. The maximum absolute atomic E-state index is 13.1. The van der Waals surface area contributed by atoms with Crippen LogP contribution in [0.25, 0.3) is 10.8 Å². The van der Waals surface area contributed by atoms with Crippen LogP contribution in [0.1, 0.15) is 26.3 Å². The van der Waals surface area contributed by atoms with Crippen LogP contribution in [0.5, 0.6) is 0 Å². The standard InChI is InChI=1S/C18H13NO9S2/c19-16-11-6-5-10(29(23,24)25)7-9(11)8-14(30(26,27)28)15(16)17(20)12-3-1-2-4-13(12)18(21)22/h1-8H,19H2,(H,21,22)(H,23,24,25)(H,26,27,28). The summed E-state index contributed by atoms with van der Waals surface area (Å²) in [4.78, 5) is 23.0. The zero-order valence-electron chi connectivity index (χ0n) is 14.8. The van der Waals surface area contributed by atoms with E-state index >= 15 is 0 Å². The normalized spacial score (nSPS) is 12.1. The molecule has 0 aliphatic heterocycles. The van der Waals surface area contributed by atoms with Gasteiger partial charge in [-0.25, -0.2) is 4.79 Å². The van der Waals surface area contributed by atoms with Crippen molar-refractivity contribution in [1.29, 1.82) is 0 Å². The molecule has 156 valence electrons. The molecule has 0 saturated heterocycles. The van der Waals surface area contributed by atoms with E-state index in [4.69, 9.17) is 5.73 Å². The molecule has 3 aromatic rings. The maximum atomic E-state index is 13.1. The van der Waals surface area contributed by atoms with Gasteiger partial charge in [0.1, 0.15) is 4.90 Å². The lowest BCUT2D eigenvalue weighted by Gasteiger charge is -2.14. The number of carbonyl (C=O) groups is 2. The number of anilines is 1. The zero-order valence-corrected chi connectivity index (χ0v) is 16.4. The van der Waals surface area contributed by atoms with Gasteiger partial charge in [-0.2, -0.15) is 16.8 Å². The van der Waals surface area contributed by atoms with E-state index in [0.29, 0.717) is 0 Å². The first-order valence-corrected chi connectivity index (χ1v) is 10.9. The Morgan fingerprint density at radius 1 is 0.833 bits per heavy atom. The highest BCUT2D eigenvalue weighted by Gasteiger charge is 2.28. The smallest absolute Gasteiger partial charge is 0.336 e.